The number of nitrogens with zero attached hydrogens (tertiary/aromatic N) is 3. The van der Waals surface area contributed by atoms with E-state index in [0.29, 0.717) is 24.8 Å². The van der Waals surface area contributed by atoms with Crippen molar-refractivity contribution in [1.29, 1.82) is 0 Å². The monoisotopic (exact) mass is 415 g/mol. The van der Waals surface area contributed by atoms with Crippen LogP contribution in [-0.2, 0) is 0 Å². The average molecular weight is 415 g/mol. The number of carbonyl (C=O) groups is 1. The maximum Gasteiger partial charge on any atom is 0.309 e. The van der Waals surface area contributed by atoms with Crippen molar-refractivity contribution in [2.24, 2.45) is 17.8 Å². The molecule has 158 valence electrons. The molecule has 2 aromatic rings. The fourth-order valence-electron chi connectivity index (χ4n) is 4.43. The summed E-state index contributed by atoms with van der Waals surface area (Å²) in [6.45, 7) is 1.55. The van der Waals surface area contributed by atoms with Crippen LogP contribution in [0.3, 0.4) is 0 Å². The third kappa shape index (κ3) is 3.42. The van der Waals surface area contributed by atoms with Crippen molar-refractivity contribution in [3.8, 4) is 0 Å². The zero-order valence-electron chi connectivity index (χ0n) is 16.6. The highest BCUT2D eigenvalue weighted by molar-refractivity contribution is 5.90. The minimum Gasteiger partial charge on any atom is -0.441 e. The van der Waals surface area contributed by atoms with Crippen LogP contribution in [0.5, 0.6) is 0 Å². The number of anilines is 2. The van der Waals surface area contributed by atoms with Crippen LogP contribution in [0, 0.1) is 17.8 Å². The van der Waals surface area contributed by atoms with E-state index >= 15 is 0 Å². The highest BCUT2D eigenvalue weighted by atomic mass is 19.3. The first kappa shape index (κ1) is 19.0. The summed E-state index contributed by atoms with van der Waals surface area (Å²) in [5, 5.41) is 6.14. The Hall–Kier alpha value is -2.97. The fraction of sp³-hybridized carbons (Fsp3) is 0.476. The van der Waals surface area contributed by atoms with Gasteiger partial charge in [0, 0.05) is 39.0 Å². The molecule has 3 aliphatic rings. The Balaban J connectivity index is 1.25. The summed E-state index contributed by atoms with van der Waals surface area (Å²) in [6.07, 6.45) is 5.87. The Labute approximate surface area is 172 Å². The molecule has 2 aliphatic carbocycles. The lowest BCUT2D eigenvalue weighted by Crippen LogP contribution is -2.29. The number of pyridine rings is 1. The molecule has 30 heavy (non-hydrogen) atoms. The van der Waals surface area contributed by atoms with Gasteiger partial charge in [0.1, 0.15) is 12.1 Å². The molecule has 3 atom stereocenters. The van der Waals surface area contributed by atoms with E-state index in [-0.39, 0.29) is 30.7 Å². The van der Waals surface area contributed by atoms with Gasteiger partial charge in [-0.3, -0.25) is 4.79 Å². The minimum absolute atomic E-state index is 0.0500. The quantitative estimate of drug-likeness (QED) is 0.753. The number of halogens is 2. The number of fused-ring (bicyclic) bond motifs is 1. The second-order valence-electron chi connectivity index (χ2n) is 8.25. The molecule has 5 rings (SSSR count). The van der Waals surface area contributed by atoms with Crippen LogP contribution in [-0.4, -0.2) is 53.4 Å². The van der Waals surface area contributed by atoms with Gasteiger partial charge in [0.2, 0.25) is 0 Å². The molecular weight excluding hydrogens is 392 g/mol. The number of nitrogens with one attached hydrogen (secondary N) is 2. The minimum atomic E-state index is -2.53. The van der Waals surface area contributed by atoms with Crippen molar-refractivity contribution >= 4 is 23.0 Å². The molecule has 0 aromatic carbocycles. The second-order valence-corrected chi connectivity index (χ2v) is 8.25. The highest BCUT2D eigenvalue weighted by Gasteiger charge is 2.56. The van der Waals surface area contributed by atoms with Crippen molar-refractivity contribution in [2.75, 3.05) is 37.3 Å². The molecule has 0 bridgehead atoms. The molecule has 7 nitrogen and oxygen atoms in total. The van der Waals surface area contributed by atoms with E-state index in [4.69, 9.17) is 9.40 Å². The van der Waals surface area contributed by atoms with Gasteiger partial charge in [-0.1, -0.05) is 6.08 Å². The number of hydrogen-bond donors (Lipinski definition) is 2. The van der Waals surface area contributed by atoms with Gasteiger partial charge in [-0.05, 0) is 36.0 Å². The van der Waals surface area contributed by atoms with E-state index in [2.05, 4.69) is 21.7 Å². The molecule has 9 heteroatoms. The Bertz CT molecular complexity index is 991. The maximum absolute atomic E-state index is 13.1. The molecule has 2 aromatic heterocycles. The summed E-state index contributed by atoms with van der Waals surface area (Å²) in [6, 6.07) is 3.82. The SMILES string of the molecule is CNc1nc(C2=CC3CN(C(=O)c4ncco4)CC3C2)ccc1NCC1CC1(F)F. The molecule has 1 saturated carbocycles. The van der Waals surface area contributed by atoms with Crippen LogP contribution >= 0.6 is 0 Å². The molecule has 1 amide bonds. The molecule has 0 spiro atoms. The smallest absolute Gasteiger partial charge is 0.309 e. The first-order chi connectivity index (χ1) is 14.4. The van der Waals surface area contributed by atoms with Crippen LogP contribution in [0.2, 0.25) is 0 Å². The van der Waals surface area contributed by atoms with Gasteiger partial charge in [0.05, 0.1) is 17.6 Å². The number of aromatic nitrogens is 2. The largest absolute Gasteiger partial charge is 0.441 e. The molecule has 0 radical (unpaired) electrons. The number of hydrogen-bond acceptors (Lipinski definition) is 6. The normalized spacial score (nSPS) is 26.3. The van der Waals surface area contributed by atoms with Gasteiger partial charge >= 0.3 is 5.91 Å². The molecule has 3 unspecified atom stereocenters. The third-order valence-electron chi connectivity index (χ3n) is 6.25. The Morgan fingerprint density at radius 3 is 2.87 bits per heavy atom. The summed E-state index contributed by atoms with van der Waals surface area (Å²) >= 11 is 0. The Morgan fingerprint density at radius 2 is 2.20 bits per heavy atom. The molecule has 1 saturated heterocycles. The van der Waals surface area contributed by atoms with Gasteiger partial charge in [-0.25, -0.2) is 18.7 Å². The number of alkyl halides is 2. The van der Waals surface area contributed by atoms with E-state index in [1.54, 1.807) is 11.9 Å². The molecule has 3 heterocycles. The van der Waals surface area contributed by atoms with Gasteiger partial charge in [0.25, 0.3) is 11.8 Å². The number of carbonyl (C=O) groups excluding carboxylic acids is 1. The van der Waals surface area contributed by atoms with E-state index in [1.807, 2.05) is 12.1 Å². The third-order valence-corrected chi connectivity index (χ3v) is 6.25. The molecule has 2 fully saturated rings. The van der Waals surface area contributed by atoms with Crippen molar-refractivity contribution in [1.82, 2.24) is 14.9 Å². The van der Waals surface area contributed by atoms with Crippen LogP contribution in [0.15, 0.2) is 35.1 Å². The second kappa shape index (κ2) is 7.07. The maximum atomic E-state index is 13.1. The lowest BCUT2D eigenvalue weighted by atomic mass is 9.99. The zero-order chi connectivity index (χ0) is 20.9. The van der Waals surface area contributed by atoms with Crippen molar-refractivity contribution in [3.63, 3.8) is 0 Å². The molecule has 2 N–H and O–H groups in total. The van der Waals surface area contributed by atoms with Gasteiger partial charge in [0.15, 0.2) is 0 Å². The van der Waals surface area contributed by atoms with Crippen LogP contribution in [0.25, 0.3) is 5.57 Å². The number of amides is 1. The van der Waals surface area contributed by atoms with Crippen LogP contribution < -0.4 is 10.6 Å². The predicted molar refractivity (Wildman–Crippen MR) is 107 cm³/mol. The Morgan fingerprint density at radius 1 is 1.37 bits per heavy atom. The number of oxazole rings is 1. The highest BCUT2D eigenvalue weighted by Crippen LogP contribution is 2.48. The summed E-state index contributed by atoms with van der Waals surface area (Å²) in [4.78, 5) is 22.9. The summed E-state index contributed by atoms with van der Waals surface area (Å²) in [5.41, 5.74) is 2.76. The fourth-order valence-corrected chi connectivity index (χ4v) is 4.43. The van der Waals surface area contributed by atoms with Gasteiger partial charge < -0.3 is 20.0 Å². The summed E-state index contributed by atoms with van der Waals surface area (Å²) in [5.74, 6) is -1.88. The lowest BCUT2D eigenvalue weighted by Gasteiger charge is -2.16. The summed E-state index contributed by atoms with van der Waals surface area (Å²) < 4.78 is 31.3. The number of rotatable bonds is 6. The van der Waals surface area contributed by atoms with Crippen molar-refractivity contribution in [3.05, 3.63) is 42.3 Å². The summed E-state index contributed by atoms with van der Waals surface area (Å²) in [7, 11) is 1.77. The van der Waals surface area contributed by atoms with E-state index < -0.39 is 11.8 Å². The number of likely N-dealkylation sites (tertiary alicyclic amines) is 1. The van der Waals surface area contributed by atoms with Crippen molar-refractivity contribution < 1.29 is 18.0 Å². The molecular formula is C21H23F2N5O2. The van der Waals surface area contributed by atoms with E-state index in [0.717, 1.165) is 23.4 Å². The first-order valence-corrected chi connectivity index (χ1v) is 10.1. The topological polar surface area (TPSA) is 83.3 Å². The van der Waals surface area contributed by atoms with Crippen LogP contribution in [0.4, 0.5) is 20.3 Å². The standard InChI is InChI=1S/C21H23F2N5O2/c1-24-18-17(26-9-15-8-21(15,22)23)3-2-16(27-18)12-6-13-10-28(11-14(13)7-12)20(29)19-25-4-5-30-19/h2-6,13-15,26H,7-11H2,1H3,(H,24,27). The van der Waals surface area contributed by atoms with E-state index in [9.17, 15) is 13.6 Å². The number of allylic oxidation sites excluding steroid dienone is 1. The zero-order valence-corrected chi connectivity index (χ0v) is 16.6. The van der Waals surface area contributed by atoms with E-state index in [1.165, 1.54) is 12.5 Å². The predicted octanol–water partition coefficient (Wildman–Crippen LogP) is 3.35. The molecule has 1 aliphatic heterocycles. The van der Waals surface area contributed by atoms with Crippen LogP contribution in [0.1, 0.15) is 29.2 Å². The lowest BCUT2D eigenvalue weighted by molar-refractivity contribution is 0.0745. The van der Waals surface area contributed by atoms with Gasteiger partial charge in [-0.15, -0.1) is 0 Å². The average Bonchev–Trinajstić information content (AvgIpc) is 3.23. The van der Waals surface area contributed by atoms with Crippen molar-refractivity contribution in [2.45, 2.75) is 18.8 Å². The Kier molecular flexibility index (Phi) is 4.48. The first-order valence-electron chi connectivity index (χ1n) is 10.1. The van der Waals surface area contributed by atoms with Gasteiger partial charge in [-0.2, -0.15) is 0 Å².